The van der Waals surface area contributed by atoms with E-state index in [4.69, 9.17) is 9.15 Å². The van der Waals surface area contributed by atoms with E-state index in [0.717, 1.165) is 32.3 Å². The number of hydrogen-bond acceptors (Lipinski definition) is 4. The largest absolute Gasteiger partial charge is 0.437 e. The molecule has 0 spiro atoms. The van der Waals surface area contributed by atoms with Crippen LogP contribution >= 0.6 is 0 Å². The Labute approximate surface area is 101 Å². The lowest BCUT2D eigenvalue weighted by Gasteiger charge is -2.20. The number of rotatable bonds is 5. The summed E-state index contributed by atoms with van der Waals surface area (Å²) in [4.78, 5) is 11.5. The van der Waals surface area contributed by atoms with Crippen LogP contribution in [0.15, 0.2) is 9.21 Å². The zero-order valence-electron chi connectivity index (χ0n) is 10.4. The monoisotopic (exact) mass is 240 g/mol. The molecule has 5 nitrogen and oxygen atoms in total. The molecule has 2 rings (SSSR count). The molecule has 1 unspecified atom stereocenters. The highest BCUT2D eigenvalue weighted by atomic mass is 16.5. The van der Waals surface area contributed by atoms with Crippen LogP contribution in [0.25, 0.3) is 0 Å². The van der Waals surface area contributed by atoms with Gasteiger partial charge in [-0.1, -0.05) is 13.3 Å². The van der Waals surface area contributed by atoms with Crippen LogP contribution in [-0.4, -0.2) is 22.5 Å². The molecule has 0 radical (unpaired) electrons. The van der Waals surface area contributed by atoms with Crippen molar-refractivity contribution >= 4 is 0 Å². The van der Waals surface area contributed by atoms with E-state index < -0.39 is 0 Å². The first-order chi connectivity index (χ1) is 8.29. The Hall–Kier alpha value is -1.10. The minimum Gasteiger partial charge on any atom is -0.392 e. The van der Waals surface area contributed by atoms with Gasteiger partial charge in [-0.3, -0.25) is 0 Å². The summed E-state index contributed by atoms with van der Waals surface area (Å²) in [6.45, 7) is 3.54. The van der Waals surface area contributed by atoms with E-state index in [9.17, 15) is 4.79 Å². The fraction of sp³-hybridized carbons (Fsp3) is 0.833. The van der Waals surface area contributed by atoms with E-state index in [1.165, 1.54) is 11.1 Å². The van der Waals surface area contributed by atoms with E-state index in [-0.39, 0.29) is 11.9 Å². The summed E-state index contributed by atoms with van der Waals surface area (Å²) in [6, 6.07) is 0. The fourth-order valence-corrected chi connectivity index (χ4v) is 2.04. The number of aromatic nitrogens is 2. The quantitative estimate of drug-likeness (QED) is 0.786. The number of ether oxygens (including phenoxy) is 1. The van der Waals surface area contributed by atoms with Crippen molar-refractivity contribution < 1.29 is 9.15 Å². The van der Waals surface area contributed by atoms with Crippen molar-refractivity contribution in [2.24, 2.45) is 0 Å². The van der Waals surface area contributed by atoms with Crippen LogP contribution in [0.3, 0.4) is 0 Å². The molecule has 0 N–H and O–H groups in total. The van der Waals surface area contributed by atoms with Gasteiger partial charge in [-0.2, -0.15) is 4.68 Å². The number of unbranched alkanes of at least 4 members (excludes halogenated alkanes) is 1. The molecule has 5 heteroatoms. The highest BCUT2D eigenvalue weighted by Gasteiger charge is 2.18. The normalized spacial score (nSPS) is 20.6. The molecule has 0 saturated carbocycles. The van der Waals surface area contributed by atoms with E-state index in [2.05, 4.69) is 12.0 Å². The van der Waals surface area contributed by atoms with Crippen molar-refractivity contribution in [1.29, 1.82) is 0 Å². The minimum absolute atomic E-state index is 0.168. The molecule has 17 heavy (non-hydrogen) atoms. The van der Waals surface area contributed by atoms with Crippen LogP contribution in [-0.2, 0) is 17.7 Å². The lowest BCUT2D eigenvalue weighted by Crippen LogP contribution is -2.21. The summed E-state index contributed by atoms with van der Waals surface area (Å²) >= 11 is 0. The van der Waals surface area contributed by atoms with Crippen molar-refractivity contribution in [2.75, 3.05) is 6.61 Å². The standard InChI is InChI=1S/C12H20N2O3/c1-2-3-7-14-12(15)17-11(13-14)9-10-6-4-5-8-16-10/h10H,2-9H2,1H3. The predicted octanol–water partition coefficient (Wildman–Crippen LogP) is 1.75. The molecule has 0 aliphatic carbocycles. The SMILES string of the molecule is CCCCn1nc(CC2CCCCO2)oc1=O. The average molecular weight is 240 g/mol. The van der Waals surface area contributed by atoms with Gasteiger partial charge in [0.05, 0.1) is 12.5 Å². The van der Waals surface area contributed by atoms with Gasteiger partial charge >= 0.3 is 5.76 Å². The maximum absolute atomic E-state index is 11.5. The molecule has 1 aromatic heterocycles. The lowest BCUT2D eigenvalue weighted by molar-refractivity contribution is 0.0130. The summed E-state index contributed by atoms with van der Waals surface area (Å²) in [5.41, 5.74) is 0. The highest BCUT2D eigenvalue weighted by molar-refractivity contribution is 4.81. The van der Waals surface area contributed by atoms with Gasteiger partial charge in [-0.05, 0) is 25.7 Å². The molecule has 0 bridgehead atoms. The van der Waals surface area contributed by atoms with Crippen molar-refractivity contribution in [2.45, 2.75) is 58.1 Å². The van der Waals surface area contributed by atoms with Crippen LogP contribution in [0.5, 0.6) is 0 Å². The van der Waals surface area contributed by atoms with Gasteiger partial charge in [-0.25, -0.2) is 4.79 Å². The van der Waals surface area contributed by atoms with Gasteiger partial charge in [0.2, 0.25) is 5.89 Å². The number of aryl methyl sites for hydroxylation is 1. The third kappa shape index (κ3) is 3.43. The van der Waals surface area contributed by atoms with Gasteiger partial charge in [0.1, 0.15) is 0 Å². The summed E-state index contributed by atoms with van der Waals surface area (Å²) in [5, 5.41) is 4.20. The maximum atomic E-state index is 11.5. The van der Waals surface area contributed by atoms with Gasteiger partial charge < -0.3 is 9.15 Å². The predicted molar refractivity (Wildman–Crippen MR) is 63.0 cm³/mol. The zero-order valence-corrected chi connectivity index (χ0v) is 10.4. The zero-order chi connectivity index (χ0) is 12.1. The molecule has 0 aromatic carbocycles. The fourth-order valence-electron chi connectivity index (χ4n) is 2.04. The van der Waals surface area contributed by atoms with Gasteiger partial charge in [0.15, 0.2) is 0 Å². The van der Waals surface area contributed by atoms with Crippen molar-refractivity contribution in [3.05, 3.63) is 16.4 Å². The van der Waals surface area contributed by atoms with E-state index in [0.29, 0.717) is 18.9 Å². The Balaban J connectivity index is 1.94. The smallest absolute Gasteiger partial charge is 0.392 e. The molecule has 1 aliphatic rings. The maximum Gasteiger partial charge on any atom is 0.437 e. The summed E-state index contributed by atoms with van der Waals surface area (Å²) in [5.74, 6) is 0.169. The Morgan fingerprint density at radius 2 is 2.35 bits per heavy atom. The molecule has 1 aliphatic heterocycles. The van der Waals surface area contributed by atoms with E-state index >= 15 is 0 Å². The number of nitrogens with zero attached hydrogens (tertiary/aromatic N) is 2. The van der Waals surface area contributed by atoms with Crippen molar-refractivity contribution in [3.63, 3.8) is 0 Å². The van der Waals surface area contributed by atoms with Gasteiger partial charge in [0, 0.05) is 13.2 Å². The second kappa shape index (κ2) is 6.00. The molecule has 1 atom stereocenters. The molecule has 2 heterocycles. The van der Waals surface area contributed by atoms with Crippen molar-refractivity contribution in [3.8, 4) is 0 Å². The third-order valence-corrected chi connectivity index (χ3v) is 3.05. The first-order valence-electron chi connectivity index (χ1n) is 6.48. The molecular formula is C12H20N2O3. The first-order valence-corrected chi connectivity index (χ1v) is 6.48. The van der Waals surface area contributed by atoms with Crippen LogP contribution in [0.2, 0.25) is 0 Å². The molecular weight excluding hydrogens is 220 g/mol. The number of hydrogen-bond donors (Lipinski definition) is 0. The van der Waals surface area contributed by atoms with Crippen LogP contribution in [0.4, 0.5) is 0 Å². The topological polar surface area (TPSA) is 57.3 Å². The second-order valence-corrected chi connectivity index (χ2v) is 4.53. The van der Waals surface area contributed by atoms with E-state index in [1.54, 1.807) is 0 Å². The van der Waals surface area contributed by atoms with Gasteiger partial charge in [0.25, 0.3) is 0 Å². The summed E-state index contributed by atoms with van der Waals surface area (Å²) in [6.07, 6.45) is 6.13. The lowest BCUT2D eigenvalue weighted by atomic mass is 10.1. The third-order valence-electron chi connectivity index (χ3n) is 3.05. The Morgan fingerprint density at radius 1 is 1.47 bits per heavy atom. The Morgan fingerprint density at radius 3 is 3.06 bits per heavy atom. The first kappa shape index (κ1) is 12.4. The molecule has 96 valence electrons. The highest BCUT2D eigenvalue weighted by Crippen LogP contribution is 2.15. The van der Waals surface area contributed by atoms with Gasteiger partial charge in [-0.15, -0.1) is 5.10 Å². The van der Waals surface area contributed by atoms with E-state index in [1.807, 2.05) is 0 Å². The Kier molecular flexibility index (Phi) is 4.36. The van der Waals surface area contributed by atoms with Crippen LogP contribution in [0, 0.1) is 0 Å². The summed E-state index contributed by atoms with van der Waals surface area (Å²) < 4.78 is 12.1. The Bertz CT molecular complexity index is 391. The molecule has 1 saturated heterocycles. The second-order valence-electron chi connectivity index (χ2n) is 4.53. The molecule has 1 aromatic rings. The van der Waals surface area contributed by atoms with Crippen LogP contribution in [0.1, 0.15) is 44.9 Å². The van der Waals surface area contributed by atoms with Crippen LogP contribution < -0.4 is 5.76 Å². The molecule has 1 fully saturated rings. The minimum atomic E-state index is -0.343. The average Bonchev–Trinajstić information content (AvgIpc) is 2.68. The summed E-state index contributed by atoms with van der Waals surface area (Å²) in [7, 11) is 0. The van der Waals surface area contributed by atoms with Crippen molar-refractivity contribution in [1.82, 2.24) is 9.78 Å². The molecule has 0 amide bonds.